The number of carboxylic acids is 1. The fraction of sp³-hybridized carbons (Fsp3) is 0.771. The monoisotopic (exact) mass is 686 g/mol. The van der Waals surface area contributed by atoms with Crippen molar-refractivity contribution in [2.75, 3.05) is 6.54 Å². The molecule has 0 unspecified atom stereocenters. The Bertz CT molecular complexity index is 1330. The molecule has 2 atom stereocenters. The normalized spacial score (nSPS) is 18.2. The van der Waals surface area contributed by atoms with Gasteiger partial charge in [-0.15, -0.1) is 0 Å². The van der Waals surface area contributed by atoms with Gasteiger partial charge in [0.05, 0.1) is 6.42 Å². The standard InChI is InChI=1S/C19H30N4O4.C16H24N2O4/c24-16(22-26)11-15(8-4-7-13-5-2-1-3-6-13)19-21-17(23-27-19)18(25)20-12-14-9-10-14;1-11(19)15-17-16(22-18-15)13(10-14(20)21)9-5-8-12-6-3-2-4-7-12/h13-15,26H,1-12H2,(H,20,25)(H,22,24);12-13H,2-10H2,1H3,(H,20,21)/t15-;13-/m11/s1. The van der Waals surface area contributed by atoms with E-state index < -0.39 is 11.9 Å². The first kappa shape index (κ1) is 38.1. The molecule has 3 saturated carbocycles. The summed E-state index contributed by atoms with van der Waals surface area (Å²) >= 11 is 0. The van der Waals surface area contributed by atoms with Crippen molar-refractivity contribution in [2.45, 2.75) is 147 Å². The smallest absolute Gasteiger partial charge is 0.304 e. The van der Waals surface area contributed by atoms with Gasteiger partial charge in [-0.3, -0.25) is 24.4 Å². The van der Waals surface area contributed by atoms with Crippen LogP contribution in [0.15, 0.2) is 9.05 Å². The van der Waals surface area contributed by atoms with Gasteiger partial charge < -0.3 is 19.5 Å². The van der Waals surface area contributed by atoms with Crippen LogP contribution in [0.5, 0.6) is 0 Å². The zero-order valence-electron chi connectivity index (χ0n) is 28.9. The van der Waals surface area contributed by atoms with Crippen molar-refractivity contribution in [1.29, 1.82) is 0 Å². The maximum absolute atomic E-state index is 12.1. The SMILES string of the molecule is CC(=O)c1noc([C@H](CCCC2CCCCC2)CC(=O)O)n1.O=C(C[C@@H](CCCC1CCCCC1)c1nc(C(=O)NCC2CC2)no1)NO. The van der Waals surface area contributed by atoms with Crippen LogP contribution in [0.4, 0.5) is 0 Å². The number of nitrogens with zero attached hydrogens (tertiary/aromatic N) is 4. The Morgan fingerprint density at radius 3 is 1.71 bits per heavy atom. The number of hydrogen-bond acceptors (Lipinski definition) is 11. The second-order valence-electron chi connectivity index (χ2n) is 14.2. The van der Waals surface area contributed by atoms with Crippen LogP contribution >= 0.6 is 0 Å². The second kappa shape index (κ2) is 20.1. The molecule has 2 aromatic heterocycles. The highest BCUT2D eigenvalue weighted by Gasteiger charge is 2.27. The number of rotatable bonds is 18. The van der Waals surface area contributed by atoms with E-state index in [4.69, 9.17) is 19.4 Å². The van der Waals surface area contributed by atoms with E-state index in [2.05, 4.69) is 25.6 Å². The van der Waals surface area contributed by atoms with Crippen LogP contribution in [0.2, 0.25) is 0 Å². The molecule has 14 heteroatoms. The number of ketones is 1. The number of Topliss-reactive ketones (excluding diaryl/α,β-unsaturated/α-hetero) is 1. The van der Waals surface area contributed by atoms with E-state index >= 15 is 0 Å². The number of nitrogens with one attached hydrogen (secondary N) is 2. The number of hydrogen-bond donors (Lipinski definition) is 4. The number of amides is 2. The first-order valence-electron chi connectivity index (χ1n) is 18.3. The van der Waals surface area contributed by atoms with Crippen molar-refractivity contribution in [3.63, 3.8) is 0 Å². The zero-order chi connectivity index (χ0) is 35.0. The summed E-state index contributed by atoms with van der Waals surface area (Å²) in [5.74, 6) is 0.116. The lowest BCUT2D eigenvalue weighted by molar-refractivity contribution is -0.137. The Morgan fingerprint density at radius 2 is 1.24 bits per heavy atom. The fourth-order valence-electron chi connectivity index (χ4n) is 7.04. The van der Waals surface area contributed by atoms with Crippen molar-refractivity contribution in [3.05, 3.63) is 23.4 Å². The van der Waals surface area contributed by atoms with E-state index in [-0.39, 0.29) is 53.9 Å². The molecule has 272 valence electrons. The van der Waals surface area contributed by atoms with Gasteiger partial charge in [0.2, 0.25) is 29.3 Å². The molecule has 0 aromatic carbocycles. The highest BCUT2D eigenvalue weighted by atomic mass is 16.5. The summed E-state index contributed by atoms with van der Waals surface area (Å²) in [4.78, 5) is 54.3. The summed E-state index contributed by atoms with van der Waals surface area (Å²) in [6.45, 7) is 2.00. The van der Waals surface area contributed by atoms with Gasteiger partial charge in [-0.1, -0.05) is 100 Å². The number of carboxylic acid groups (broad SMARTS) is 1. The summed E-state index contributed by atoms with van der Waals surface area (Å²) < 4.78 is 10.4. The number of hydroxylamine groups is 1. The largest absolute Gasteiger partial charge is 0.481 e. The third-order valence-electron chi connectivity index (χ3n) is 10.1. The molecule has 3 aliphatic carbocycles. The van der Waals surface area contributed by atoms with E-state index in [1.54, 1.807) is 5.48 Å². The average molecular weight is 687 g/mol. The summed E-state index contributed by atoms with van der Waals surface area (Å²) in [7, 11) is 0. The first-order valence-corrected chi connectivity index (χ1v) is 18.3. The molecule has 49 heavy (non-hydrogen) atoms. The molecule has 4 N–H and O–H groups in total. The van der Waals surface area contributed by atoms with Crippen molar-refractivity contribution < 1.29 is 38.5 Å². The molecular formula is C35H54N6O8. The lowest BCUT2D eigenvalue weighted by Gasteiger charge is -2.22. The van der Waals surface area contributed by atoms with Gasteiger partial charge in [0.25, 0.3) is 11.7 Å². The predicted octanol–water partition coefficient (Wildman–Crippen LogP) is 6.52. The number of carbonyl (C=O) groups is 4. The number of aliphatic carboxylic acids is 1. The molecule has 0 saturated heterocycles. The Balaban J connectivity index is 0.000000226. The van der Waals surface area contributed by atoms with E-state index in [0.717, 1.165) is 56.8 Å². The van der Waals surface area contributed by atoms with E-state index in [1.807, 2.05) is 0 Å². The molecule has 5 rings (SSSR count). The second-order valence-corrected chi connectivity index (χ2v) is 14.2. The lowest BCUT2D eigenvalue weighted by atomic mass is 9.84. The third kappa shape index (κ3) is 13.6. The molecule has 0 spiro atoms. The third-order valence-corrected chi connectivity index (χ3v) is 10.1. The summed E-state index contributed by atoms with van der Waals surface area (Å²) in [6, 6.07) is 0. The minimum Gasteiger partial charge on any atom is -0.481 e. The Kier molecular flexibility index (Phi) is 15.6. The maximum atomic E-state index is 12.1. The lowest BCUT2D eigenvalue weighted by Crippen LogP contribution is -2.26. The van der Waals surface area contributed by atoms with Gasteiger partial charge in [-0.25, -0.2) is 5.48 Å². The molecule has 2 heterocycles. The van der Waals surface area contributed by atoms with Crippen molar-refractivity contribution in [2.24, 2.45) is 17.8 Å². The van der Waals surface area contributed by atoms with Crippen molar-refractivity contribution in [3.8, 4) is 0 Å². The molecular weight excluding hydrogens is 632 g/mol. The zero-order valence-corrected chi connectivity index (χ0v) is 28.9. The predicted molar refractivity (Wildman–Crippen MR) is 177 cm³/mol. The van der Waals surface area contributed by atoms with E-state index in [9.17, 15) is 19.2 Å². The van der Waals surface area contributed by atoms with Crippen LogP contribution in [-0.4, -0.2) is 60.7 Å². The summed E-state index contributed by atoms with van der Waals surface area (Å²) in [5.41, 5.74) is 1.67. The molecule has 2 aromatic rings. The Morgan fingerprint density at radius 1 is 0.735 bits per heavy atom. The van der Waals surface area contributed by atoms with Crippen LogP contribution in [0, 0.1) is 17.8 Å². The van der Waals surface area contributed by atoms with E-state index in [0.29, 0.717) is 24.8 Å². The Hall–Kier alpha value is -3.68. The van der Waals surface area contributed by atoms with Crippen LogP contribution < -0.4 is 10.8 Å². The maximum Gasteiger partial charge on any atom is 0.304 e. The molecule has 0 bridgehead atoms. The molecule has 3 fully saturated rings. The highest BCUT2D eigenvalue weighted by Crippen LogP contribution is 2.33. The van der Waals surface area contributed by atoms with Crippen LogP contribution in [0.3, 0.4) is 0 Å². The van der Waals surface area contributed by atoms with Gasteiger partial charge in [0.1, 0.15) is 0 Å². The van der Waals surface area contributed by atoms with Crippen LogP contribution in [0.25, 0.3) is 0 Å². The minimum absolute atomic E-state index is 0.00679. The molecule has 2 amide bonds. The fourth-order valence-corrected chi connectivity index (χ4v) is 7.04. The summed E-state index contributed by atoms with van der Waals surface area (Å²) in [6.07, 6.45) is 21.0. The molecule has 3 aliphatic rings. The highest BCUT2D eigenvalue weighted by molar-refractivity contribution is 5.90. The quantitative estimate of drug-likeness (QED) is 0.0750. The first-order chi connectivity index (χ1) is 23.7. The number of carbonyl (C=O) groups excluding carboxylic acids is 3. The van der Waals surface area contributed by atoms with Gasteiger partial charge in [-0.2, -0.15) is 9.97 Å². The van der Waals surface area contributed by atoms with Crippen LogP contribution in [0.1, 0.15) is 180 Å². The van der Waals surface area contributed by atoms with Gasteiger partial charge in [0, 0.05) is 31.7 Å². The van der Waals surface area contributed by atoms with Gasteiger partial charge >= 0.3 is 5.97 Å². The molecule has 14 nitrogen and oxygen atoms in total. The topological polar surface area (TPSA) is 211 Å². The Labute approximate surface area is 287 Å². The minimum atomic E-state index is -0.884. The molecule has 0 aliphatic heterocycles. The summed E-state index contributed by atoms with van der Waals surface area (Å²) in [5, 5.41) is 28.1. The van der Waals surface area contributed by atoms with Gasteiger partial charge in [-0.05, 0) is 43.4 Å². The van der Waals surface area contributed by atoms with E-state index in [1.165, 1.54) is 71.1 Å². The van der Waals surface area contributed by atoms with Gasteiger partial charge in [0.15, 0.2) is 0 Å². The van der Waals surface area contributed by atoms with Crippen molar-refractivity contribution >= 4 is 23.6 Å². The van der Waals surface area contributed by atoms with Crippen LogP contribution in [-0.2, 0) is 9.59 Å². The average Bonchev–Trinajstić information content (AvgIpc) is 3.56. The molecule has 0 radical (unpaired) electrons. The van der Waals surface area contributed by atoms with Crippen molar-refractivity contribution in [1.82, 2.24) is 31.1 Å². The number of aromatic nitrogens is 4.